The third kappa shape index (κ3) is 3.07. The molecule has 0 fully saturated rings. The molecule has 1 aliphatic heterocycles. The fourth-order valence-electron chi connectivity index (χ4n) is 4.92. The van der Waals surface area contributed by atoms with E-state index in [2.05, 4.69) is 51.7 Å². The number of hydrogen-bond acceptors (Lipinski definition) is 3. The minimum absolute atomic E-state index is 0.0525. The van der Waals surface area contributed by atoms with Crippen molar-refractivity contribution in [1.29, 1.82) is 0 Å². The minimum Gasteiger partial charge on any atom is -0.317 e. The Morgan fingerprint density at radius 3 is 1.74 bits per heavy atom. The van der Waals surface area contributed by atoms with E-state index in [0.717, 1.165) is 41.1 Å². The molecule has 1 aromatic rings. The molecule has 0 N–H and O–H groups in total. The van der Waals surface area contributed by atoms with Crippen molar-refractivity contribution in [1.82, 2.24) is 0 Å². The van der Waals surface area contributed by atoms with E-state index < -0.39 is 0 Å². The molecular weight excluding hydrogens is 334 g/mol. The van der Waals surface area contributed by atoms with Crippen molar-refractivity contribution < 1.29 is 9.59 Å². The quantitative estimate of drug-likeness (QED) is 0.662. The van der Waals surface area contributed by atoms with Gasteiger partial charge in [-0.15, -0.1) is 0 Å². The van der Waals surface area contributed by atoms with E-state index in [1.165, 1.54) is 5.56 Å². The van der Waals surface area contributed by atoms with Gasteiger partial charge in [0.1, 0.15) is 0 Å². The van der Waals surface area contributed by atoms with Gasteiger partial charge in [0.05, 0.1) is 0 Å². The van der Waals surface area contributed by atoms with Crippen molar-refractivity contribution in [3.05, 3.63) is 52.4 Å². The number of allylic oxidation sites excluding steroid dienone is 4. The van der Waals surface area contributed by atoms with Crippen LogP contribution in [0.15, 0.2) is 46.8 Å². The minimum atomic E-state index is -0.0525. The molecule has 0 aromatic heterocycles. The van der Waals surface area contributed by atoms with Crippen molar-refractivity contribution in [2.75, 3.05) is 4.90 Å². The zero-order valence-electron chi connectivity index (χ0n) is 17.1. The van der Waals surface area contributed by atoms with Crippen molar-refractivity contribution in [3.63, 3.8) is 0 Å². The zero-order valence-corrected chi connectivity index (χ0v) is 17.1. The van der Waals surface area contributed by atoms with Gasteiger partial charge in [0.15, 0.2) is 11.6 Å². The number of carbonyl (C=O) groups excluding carboxylic acids is 2. The van der Waals surface area contributed by atoms with E-state index in [-0.39, 0.29) is 22.4 Å². The molecule has 27 heavy (non-hydrogen) atoms. The topological polar surface area (TPSA) is 37.4 Å². The Morgan fingerprint density at radius 2 is 1.26 bits per heavy atom. The maximum absolute atomic E-state index is 13.0. The Kier molecular flexibility index (Phi) is 3.99. The number of para-hydroxylation sites is 1. The van der Waals surface area contributed by atoms with Gasteiger partial charge in [0.25, 0.3) is 0 Å². The first kappa shape index (κ1) is 18.2. The number of rotatable bonds is 1. The maximum Gasteiger partial charge on any atom is 0.161 e. The average Bonchev–Trinajstić information content (AvgIpc) is 2.53. The Hall–Kier alpha value is -2.16. The molecule has 0 saturated carbocycles. The fraction of sp³-hybridized carbons (Fsp3) is 0.500. The SMILES string of the molecule is Cc1ccccc1N1C2=C(CC3=C1CC(C)(C)CC3=O)C(=O)CC(C)(C)C2. The summed E-state index contributed by atoms with van der Waals surface area (Å²) in [6.45, 7) is 10.8. The Bertz CT molecular complexity index is 862. The van der Waals surface area contributed by atoms with Gasteiger partial charge in [-0.25, -0.2) is 0 Å². The van der Waals surface area contributed by atoms with Crippen LogP contribution in [0.2, 0.25) is 0 Å². The number of Topliss-reactive ketones (excluding diaryl/α,β-unsaturated/α-hetero) is 2. The summed E-state index contributed by atoms with van der Waals surface area (Å²) in [4.78, 5) is 28.3. The summed E-state index contributed by atoms with van der Waals surface area (Å²) in [5.41, 5.74) is 6.14. The van der Waals surface area contributed by atoms with E-state index in [1.807, 2.05) is 12.1 Å². The van der Waals surface area contributed by atoms with E-state index in [1.54, 1.807) is 0 Å². The lowest BCUT2D eigenvalue weighted by atomic mass is 9.68. The van der Waals surface area contributed by atoms with Gasteiger partial charge in [-0.05, 0) is 42.2 Å². The van der Waals surface area contributed by atoms with Crippen molar-refractivity contribution >= 4 is 17.3 Å². The fourth-order valence-corrected chi connectivity index (χ4v) is 4.92. The van der Waals surface area contributed by atoms with Gasteiger partial charge in [-0.1, -0.05) is 45.9 Å². The van der Waals surface area contributed by atoms with Crippen LogP contribution in [0.25, 0.3) is 0 Å². The van der Waals surface area contributed by atoms with Crippen LogP contribution in [0.5, 0.6) is 0 Å². The van der Waals surface area contributed by atoms with Crippen LogP contribution in [-0.4, -0.2) is 11.6 Å². The average molecular weight is 364 g/mol. The lowest BCUT2D eigenvalue weighted by molar-refractivity contribution is -0.118. The number of ketones is 2. The standard InChI is InChI=1S/C24H29NO2/c1-15-8-6-7-9-18(15)25-19-11-23(2,3)13-21(26)16(19)10-17-20(25)12-24(4,5)14-22(17)27/h6-9H,10-14H2,1-5H3. The monoisotopic (exact) mass is 363 g/mol. The third-order valence-electron chi connectivity index (χ3n) is 6.19. The molecule has 3 heteroatoms. The summed E-state index contributed by atoms with van der Waals surface area (Å²) < 4.78 is 0. The summed E-state index contributed by atoms with van der Waals surface area (Å²) >= 11 is 0. The number of nitrogens with zero attached hydrogens (tertiary/aromatic N) is 1. The van der Waals surface area contributed by atoms with Crippen molar-refractivity contribution in [3.8, 4) is 0 Å². The van der Waals surface area contributed by atoms with Crippen LogP contribution in [0.4, 0.5) is 5.69 Å². The highest BCUT2D eigenvalue weighted by atomic mass is 16.1. The Labute approximate surface area is 162 Å². The first-order valence-corrected chi connectivity index (χ1v) is 9.94. The van der Waals surface area contributed by atoms with Crippen LogP contribution in [0.3, 0.4) is 0 Å². The Balaban J connectivity index is 1.95. The number of aryl methyl sites for hydroxylation is 1. The molecule has 2 aliphatic carbocycles. The van der Waals surface area contributed by atoms with Gasteiger partial charge in [0.2, 0.25) is 0 Å². The van der Waals surface area contributed by atoms with E-state index >= 15 is 0 Å². The largest absolute Gasteiger partial charge is 0.317 e. The third-order valence-corrected chi connectivity index (χ3v) is 6.19. The molecule has 0 spiro atoms. The van der Waals surface area contributed by atoms with Crippen molar-refractivity contribution in [2.45, 2.75) is 66.7 Å². The van der Waals surface area contributed by atoms with E-state index in [0.29, 0.717) is 19.3 Å². The summed E-state index contributed by atoms with van der Waals surface area (Å²) in [7, 11) is 0. The normalized spacial score (nSPS) is 24.1. The van der Waals surface area contributed by atoms with Crippen LogP contribution in [0.1, 0.15) is 65.4 Å². The smallest absolute Gasteiger partial charge is 0.161 e. The molecule has 0 radical (unpaired) electrons. The van der Waals surface area contributed by atoms with E-state index in [9.17, 15) is 9.59 Å². The predicted molar refractivity (Wildman–Crippen MR) is 108 cm³/mol. The predicted octanol–water partition coefficient (Wildman–Crippen LogP) is 5.49. The highest BCUT2D eigenvalue weighted by molar-refractivity contribution is 6.05. The van der Waals surface area contributed by atoms with Gasteiger partial charge in [0, 0.05) is 47.5 Å². The van der Waals surface area contributed by atoms with Crippen LogP contribution < -0.4 is 4.90 Å². The van der Waals surface area contributed by atoms with Gasteiger partial charge in [-0.2, -0.15) is 0 Å². The number of benzene rings is 1. The van der Waals surface area contributed by atoms with Gasteiger partial charge < -0.3 is 4.90 Å². The number of carbonyl (C=O) groups is 2. The second-order valence-corrected chi connectivity index (χ2v) is 10.0. The number of anilines is 1. The zero-order chi connectivity index (χ0) is 19.6. The molecule has 3 nitrogen and oxygen atoms in total. The van der Waals surface area contributed by atoms with Crippen LogP contribution >= 0.6 is 0 Å². The number of hydrogen-bond donors (Lipinski definition) is 0. The molecule has 1 heterocycles. The van der Waals surface area contributed by atoms with Crippen LogP contribution in [0, 0.1) is 17.8 Å². The summed E-state index contributed by atoms with van der Waals surface area (Å²) in [6.07, 6.45) is 3.39. The van der Waals surface area contributed by atoms with Crippen molar-refractivity contribution in [2.24, 2.45) is 10.8 Å². The summed E-state index contributed by atoms with van der Waals surface area (Å²) in [5, 5.41) is 0. The second kappa shape index (κ2) is 5.92. The molecule has 0 bridgehead atoms. The molecule has 0 saturated heterocycles. The maximum atomic E-state index is 13.0. The highest BCUT2D eigenvalue weighted by Crippen LogP contribution is 2.51. The lowest BCUT2D eigenvalue weighted by Gasteiger charge is -2.46. The molecule has 0 unspecified atom stereocenters. The summed E-state index contributed by atoms with van der Waals surface area (Å²) in [5.74, 6) is 0.424. The van der Waals surface area contributed by atoms with Crippen LogP contribution in [-0.2, 0) is 9.59 Å². The highest BCUT2D eigenvalue weighted by Gasteiger charge is 2.44. The molecule has 1 aromatic carbocycles. The lowest BCUT2D eigenvalue weighted by Crippen LogP contribution is -2.42. The van der Waals surface area contributed by atoms with Gasteiger partial charge >= 0.3 is 0 Å². The molecule has 3 aliphatic rings. The molecular formula is C24H29NO2. The second-order valence-electron chi connectivity index (χ2n) is 10.0. The first-order chi connectivity index (χ1) is 12.6. The Morgan fingerprint density at radius 1 is 0.778 bits per heavy atom. The van der Waals surface area contributed by atoms with E-state index in [4.69, 9.17) is 0 Å². The molecule has 142 valence electrons. The first-order valence-electron chi connectivity index (χ1n) is 9.94. The summed E-state index contributed by atoms with van der Waals surface area (Å²) in [6, 6.07) is 8.31. The molecule has 0 amide bonds. The molecule has 4 rings (SSSR count). The molecule has 0 atom stereocenters. The van der Waals surface area contributed by atoms with Gasteiger partial charge in [-0.3, -0.25) is 9.59 Å².